The van der Waals surface area contributed by atoms with E-state index in [0.29, 0.717) is 27.9 Å². The van der Waals surface area contributed by atoms with Crippen LogP contribution in [0.3, 0.4) is 0 Å². The molecule has 146 valence electrons. The summed E-state index contributed by atoms with van der Waals surface area (Å²) in [6.45, 7) is 1.41. The number of hydrogen-bond donors (Lipinski definition) is 2. The number of tetrazole rings is 1. The van der Waals surface area contributed by atoms with Crippen LogP contribution >= 0.6 is 11.8 Å². The van der Waals surface area contributed by atoms with E-state index in [4.69, 9.17) is 4.42 Å². The Labute approximate surface area is 168 Å². The minimum atomic E-state index is -0.480. The van der Waals surface area contributed by atoms with Crippen molar-refractivity contribution in [3.05, 3.63) is 64.5 Å². The van der Waals surface area contributed by atoms with Crippen molar-refractivity contribution in [3.8, 4) is 11.4 Å². The van der Waals surface area contributed by atoms with E-state index in [1.807, 2.05) is 0 Å². The minimum absolute atomic E-state index is 0.150. The van der Waals surface area contributed by atoms with E-state index >= 15 is 0 Å². The summed E-state index contributed by atoms with van der Waals surface area (Å²) >= 11 is 1.36. The first-order chi connectivity index (χ1) is 14.0. The van der Waals surface area contributed by atoms with Gasteiger partial charge in [0.05, 0.1) is 5.69 Å². The summed E-state index contributed by atoms with van der Waals surface area (Å²) in [5, 5.41) is 25.1. The molecule has 10 heteroatoms. The molecule has 0 unspecified atom stereocenters. The van der Waals surface area contributed by atoms with E-state index in [9.17, 15) is 14.7 Å². The predicted octanol–water partition coefficient (Wildman–Crippen LogP) is 2.73. The van der Waals surface area contributed by atoms with Gasteiger partial charge >= 0.3 is 5.63 Å². The normalized spacial score (nSPS) is 10.9. The third kappa shape index (κ3) is 4.11. The number of nitrogens with one attached hydrogen (secondary N) is 1. The lowest BCUT2D eigenvalue weighted by molar-refractivity contribution is -0.114. The van der Waals surface area contributed by atoms with Crippen molar-refractivity contribution in [2.24, 2.45) is 0 Å². The molecule has 0 spiro atoms. The number of benzene rings is 2. The molecule has 9 nitrogen and oxygen atoms in total. The highest BCUT2D eigenvalue weighted by atomic mass is 32.2. The summed E-state index contributed by atoms with van der Waals surface area (Å²) < 4.78 is 6.83. The van der Waals surface area contributed by atoms with E-state index in [-0.39, 0.29) is 11.7 Å². The molecule has 2 aromatic heterocycles. The molecule has 4 aromatic rings. The van der Waals surface area contributed by atoms with Crippen LogP contribution in [0.4, 0.5) is 5.69 Å². The summed E-state index contributed by atoms with van der Waals surface area (Å²) in [7, 11) is 0. The highest BCUT2D eigenvalue weighted by Gasteiger charge is 2.12. The number of carbonyl (C=O) groups is 1. The SMILES string of the molecule is CC(=O)Nc1ccc2c(CSc3nnnn3-c3ccc(O)cc3)cc(=O)oc2c1. The fraction of sp³-hybridized carbons (Fsp3) is 0.105. The number of aromatic nitrogens is 4. The molecule has 2 heterocycles. The third-order valence-electron chi connectivity index (χ3n) is 4.04. The first-order valence-electron chi connectivity index (χ1n) is 8.54. The largest absolute Gasteiger partial charge is 0.508 e. The zero-order valence-corrected chi connectivity index (χ0v) is 16.0. The van der Waals surface area contributed by atoms with Crippen LogP contribution in [0.2, 0.25) is 0 Å². The molecule has 2 aromatic carbocycles. The third-order valence-corrected chi connectivity index (χ3v) is 5.01. The molecule has 0 aliphatic carbocycles. The topological polar surface area (TPSA) is 123 Å². The van der Waals surface area contributed by atoms with E-state index < -0.39 is 5.63 Å². The van der Waals surface area contributed by atoms with E-state index in [1.165, 1.54) is 24.8 Å². The monoisotopic (exact) mass is 409 g/mol. The molecule has 0 bridgehead atoms. The van der Waals surface area contributed by atoms with E-state index in [1.54, 1.807) is 47.1 Å². The summed E-state index contributed by atoms with van der Waals surface area (Å²) in [5.74, 6) is 0.372. The Morgan fingerprint density at radius 2 is 2.00 bits per heavy atom. The van der Waals surface area contributed by atoms with Gasteiger partial charge in [0.1, 0.15) is 11.3 Å². The Balaban J connectivity index is 1.62. The molecule has 0 saturated carbocycles. The lowest BCUT2D eigenvalue weighted by Gasteiger charge is -2.08. The van der Waals surface area contributed by atoms with Gasteiger partial charge in [-0.1, -0.05) is 11.8 Å². The van der Waals surface area contributed by atoms with Crippen LogP contribution in [0.1, 0.15) is 12.5 Å². The van der Waals surface area contributed by atoms with Crippen LogP contribution in [-0.2, 0) is 10.5 Å². The molecule has 2 N–H and O–H groups in total. The lowest BCUT2D eigenvalue weighted by Crippen LogP contribution is -2.06. The molecule has 0 aliphatic heterocycles. The number of carbonyl (C=O) groups excluding carboxylic acids is 1. The van der Waals surface area contributed by atoms with Crippen molar-refractivity contribution >= 4 is 34.3 Å². The second-order valence-electron chi connectivity index (χ2n) is 6.16. The second-order valence-corrected chi connectivity index (χ2v) is 7.10. The smallest absolute Gasteiger partial charge is 0.336 e. The maximum absolute atomic E-state index is 12.0. The summed E-state index contributed by atoms with van der Waals surface area (Å²) in [6, 6.07) is 13.1. The number of fused-ring (bicyclic) bond motifs is 1. The Morgan fingerprint density at radius 3 is 2.76 bits per heavy atom. The maximum Gasteiger partial charge on any atom is 0.336 e. The van der Waals surface area contributed by atoms with E-state index in [0.717, 1.165) is 10.9 Å². The molecular weight excluding hydrogens is 394 g/mol. The van der Waals surface area contributed by atoms with Gasteiger partial charge in [-0.3, -0.25) is 4.79 Å². The Kier molecular flexibility index (Phi) is 5.00. The Hall–Kier alpha value is -3.66. The van der Waals surface area contributed by atoms with Gasteiger partial charge in [-0.25, -0.2) is 4.79 Å². The van der Waals surface area contributed by atoms with Crippen LogP contribution in [0.25, 0.3) is 16.7 Å². The highest BCUT2D eigenvalue weighted by Crippen LogP contribution is 2.28. The average molecular weight is 409 g/mol. The molecule has 0 aliphatic rings. The maximum atomic E-state index is 12.0. The first kappa shape index (κ1) is 18.7. The molecule has 1 amide bonds. The average Bonchev–Trinajstić information content (AvgIpc) is 3.14. The van der Waals surface area contributed by atoms with Crippen molar-refractivity contribution in [2.75, 3.05) is 5.32 Å². The summed E-state index contributed by atoms with van der Waals surface area (Å²) in [4.78, 5) is 23.2. The number of phenols is 1. The van der Waals surface area contributed by atoms with E-state index in [2.05, 4.69) is 20.8 Å². The molecular formula is C19H15N5O4S. The number of phenolic OH excluding ortho intramolecular Hbond substituents is 1. The van der Waals surface area contributed by atoms with Gasteiger partial charge < -0.3 is 14.8 Å². The number of hydrogen-bond acceptors (Lipinski definition) is 8. The number of aromatic hydroxyl groups is 1. The van der Waals surface area contributed by atoms with Crippen LogP contribution in [-0.4, -0.2) is 31.2 Å². The molecule has 4 rings (SSSR count). The van der Waals surface area contributed by atoms with Gasteiger partial charge in [-0.2, -0.15) is 4.68 Å². The number of anilines is 1. The fourth-order valence-electron chi connectivity index (χ4n) is 2.80. The number of amides is 1. The second kappa shape index (κ2) is 7.76. The van der Waals surface area contributed by atoms with Crippen LogP contribution < -0.4 is 10.9 Å². The quantitative estimate of drug-likeness (QED) is 0.381. The minimum Gasteiger partial charge on any atom is -0.508 e. The van der Waals surface area contributed by atoms with Gasteiger partial charge in [0.15, 0.2) is 0 Å². The van der Waals surface area contributed by atoms with Crippen LogP contribution in [0, 0.1) is 0 Å². The van der Waals surface area contributed by atoms with Gasteiger partial charge in [0.2, 0.25) is 11.1 Å². The van der Waals surface area contributed by atoms with Crippen molar-refractivity contribution in [1.29, 1.82) is 0 Å². The first-order valence-corrected chi connectivity index (χ1v) is 9.53. The fourth-order valence-corrected chi connectivity index (χ4v) is 3.68. The van der Waals surface area contributed by atoms with Crippen molar-refractivity contribution in [1.82, 2.24) is 20.2 Å². The van der Waals surface area contributed by atoms with Gasteiger partial charge in [-0.15, -0.1) is 5.10 Å². The highest BCUT2D eigenvalue weighted by molar-refractivity contribution is 7.98. The molecule has 0 fully saturated rings. The van der Waals surface area contributed by atoms with Gasteiger partial charge in [0, 0.05) is 35.9 Å². The van der Waals surface area contributed by atoms with Crippen molar-refractivity contribution in [3.63, 3.8) is 0 Å². The molecule has 0 saturated heterocycles. The lowest BCUT2D eigenvalue weighted by atomic mass is 10.1. The summed E-state index contributed by atoms with van der Waals surface area (Å²) in [5.41, 5.74) is 1.92. The van der Waals surface area contributed by atoms with Crippen molar-refractivity contribution in [2.45, 2.75) is 17.8 Å². The number of rotatable bonds is 5. The number of nitrogens with zero attached hydrogens (tertiary/aromatic N) is 4. The summed E-state index contributed by atoms with van der Waals surface area (Å²) in [6.07, 6.45) is 0. The molecule has 0 radical (unpaired) electrons. The Bertz CT molecular complexity index is 1250. The zero-order chi connectivity index (χ0) is 20.4. The zero-order valence-electron chi connectivity index (χ0n) is 15.2. The van der Waals surface area contributed by atoms with Gasteiger partial charge in [-0.05, 0) is 52.4 Å². The number of thioether (sulfide) groups is 1. The molecule has 0 atom stereocenters. The van der Waals surface area contributed by atoms with Crippen molar-refractivity contribution < 1.29 is 14.3 Å². The Morgan fingerprint density at radius 1 is 1.21 bits per heavy atom. The van der Waals surface area contributed by atoms with Gasteiger partial charge in [0.25, 0.3) is 0 Å². The standard InChI is InChI=1S/C19H15N5O4S/c1-11(25)20-13-2-7-16-12(8-18(27)28-17(16)9-13)10-29-19-21-22-23-24(19)14-3-5-15(26)6-4-14/h2-9,26H,10H2,1H3,(H,20,25). The van der Waals surface area contributed by atoms with Crippen LogP contribution in [0.15, 0.2) is 62.9 Å². The molecule has 29 heavy (non-hydrogen) atoms. The van der Waals surface area contributed by atoms with Crippen LogP contribution in [0.5, 0.6) is 5.75 Å². The predicted molar refractivity (Wildman–Crippen MR) is 107 cm³/mol.